The number of aryl methyl sites for hydroxylation is 2. The summed E-state index contributed by atoms with van der Waals surface area (Å²) in [5.74, 6) is 0. The van der Waals surface area contributed by atoms with E-state index in [0.29, 0.717) is 0 Å². The van der Waals surface area contributed by atoms with E-state index in [1.807, 2.05) is 17.8 Å². The third kappa shape index (κ3) is 9.87. The van der Waals surface area contributed by atoms with Gasteiger partial charge in [-0.3, -0.25) is 0 Å². The van der Waals surface area contributed by atoms with Gasteiger partial charge >= 0.3 is 0 Å². The van der Waals surface area contributed by atoms with Crippen LogP contribution in [0.15, 0.2) is 18.7 Å². The summed E-state index contributed by atoms with van der Waals surface area (Å²) in [7, 11) is -2.75. The Morgan fingerprint density at radius 2 is 1.80 bits per heavy atom. The maximum absolute atomic E-state index is 10.1. The van der Waals surface area contributed by atoms with Gasteiger partial charge in [0.2, 0.25) is 16.7 Å². The molecule has 0 amide bonds. The van der Waals surface area contributed by atoms with E-state index in [2.05, 4.69) is 37.7 Å². The van der Waals surface area contributed by atoms with Crippen LogP contribution in [-0.4, -0.2) is 37.2 Å². The van der Waals surface area contributed by atoms with Crippen molar-refractivity contribution in [2.45, 2.75) is 33.8 Å². The van der Waals surface area contributed by atoms with E-state index in [9.17, 15) is 13.0 Å². The number of rotatable bonds is 7. The van der Waals surface area contributed by atoms with Crippen molar-refractivity contribution in [2.75, 3.05) is 13.2 Å². The van der Waals surface area contributed by atoms with Gasteiger partial charge in [0, 0.05) is 13.2 Å². The standard InChI is InChI=1S/C6H11N2.C5H12O6S/c1-3-8-5-4-7(2)6-8;1-3-9-5(10-4-2)11-12(6,7)8/h4-6H,3H2,1-2H3;5H,3-4H2,1-2H3,(H,6,7,8)/q+1;/p-1. The average Bonchev–Trinajstić information content (AvgIpc) is 2.75. The Morgan fingerprint density at radius 3 is 2.05 bits per heavy atom. The first kappa shape index (κ1) is 19.0. The summed E-state index contributed by atoms with van der Waals surface area (Å²) in [5.41, 5.74) is 0. The molecule has 0 unspecified atom stereocenters. The molecule has 0 aliphatic carbocycles. The minimum absolute atomic E-state index is 0.195. The van der Waals surface area contributed by atoms with E-state index in [1.165, 1.54) is 0 Å². The second-order valence-corrected chi connectivity index (χ2v) is 4.62. The first-order valence-corrected chi connectivity index (χ1v) is 7.54. The third-order valence-corrected chi connectivity index (χ3v) is 2.38. The molecule has 0 radical (unpaired) electrons. The molecule has 1 aromatic heterocycles. The molecule has 0 saturated heterocycles. The zero-order chi connectivity index (χ0) is 15.6. The SMILES string of the molecule is CCOC(OCC)OS(=O)(=O)[O-].CCn1cc[n+](C)c1. The van der Waals surface area contributed by atoms with Crippen LogP contribution in [0.2, 0.25) is 0 Å². The van der Waals surface area contributed by atoms with Crippen molar-refractivity contribution in [1.29, 1.82) is 0 Å². The molecule has 0 fully saturated rings. The van der Waals surface area contributed by atoms with Crippen LogP contribution in [0.25, 0.3) is 0 Å². The summed E-state index contributed by atoms with van der Waals surface area (Å²) in [5, 5.41) is 0. The number of imidazole rings is 1. The zero-order valence-electron chi connectivity index (χ0n) is 12.2. The summed E-state index contributed by atoms with van der Waals surface area (Å²) >= 11 is 0. The number of aromatic nitrogens is 2. The van der Waals surface area contributed by atoms with Crippen LogP contribution < -0.4 is 4.57 Å². The van der Waals surface area contributed by atoms with Gasteiger partial charge in [0.1, 0.15) is 12.4 Å². The second-order valence-electron chi connectivity index (χ2n) is 3.61. The van der Waals surface area contributed by atoms with Crippen LogP contribution in [0.4, 0.5) is 0 Å². The Morgan fingerprint density at radius 1 is 1.25 bits per heavy atom. The molecule has 1 aromatic rings. The second kappa shape index (κ2) is 9.83. The van der Waals surface area contributed by atoms with Gasteiger partial charge < -0.3 is 14.0 Å². The molecule has 0 aromatic carbocycles. The van der Waals surface area contributed by atoms with Gasteiger partial charge in [-0.2, -0.15) is 0 Å². The molecule has 1 rings (SSSR count). The van der Waals surface area contributed by atoms with E-state index in [1.54, 1.807) is 13.8 Å². The van der Waals surface area contributed by atoms with Crippen LogP contribution in [0.3, 0.4) is 0 Å². The quantitative estimate of drug-likeness (QED) is 0.308. The van der Waals surface area contributed by atoms with Crippen molar-refractivity contribution in [3.8, 4) is 0 Å². The van der Waals surface area contributed by atoms with Crippen LogP contribution in [0, 0.1) is 0 Å². The average molecular weight is 310 g/mol. The fourth-order valence-electron chi connectivity index (χ4n) is 1.16. The highest BCUT2D eigenvalue weighted by molar-refractivity contribution is 7.80. The molecule has 0 N–H and O–H groups in total. The summed E-state index contributed by atoms with van der Waals surface area (Å²) in [6.07, 6.45) is 6.14. The predicted molar refractivity (Wildman–Crippen MR) is 69.1 cm³/mol. The Bertz CT molecular complexity index is 453. The minimum Gasteiger partial charge on any atom is -0.725 e. The molecule has 118 valence electrons. The van der Waals surface area contributed by atoms with E-state index >= 15 is 0 Å². The maximum atomic E-state index is 10.1. The van der Waals surface area contributed by atoms with Crippen LogP contribution in [0.1, 0.15) is 20.8 Å². The monoisotopic (exact) mass is 310 g/mol. The van der Waals surface area contributed by atoms with Crippen molar-refractivity contribution in [3.05, 3.63) is 18.7 Å². The van der Waals surface area contributed by atoms with Crippen molar-refractivity contribution >= 4 is 10.4 Å². The summed E-state index contributed by atoms with van der Waals surface area (Å²) in [6.45, 7) is 5.38. The highest BCUT2D eigenvalue weighted by Gasteiger charge is 2.11. The molecule has 9 heteroatoms. The third-order valence-electron chi connectivity index (χ3n) is 1.99. The molecule has 0 saturated carbocycles. The van der Waals surface area contributed by atoms with Crippen LogP contribution in [-0.2, 0) is 37.6 Å². The van der Waals surface area contributed by atoms with E-state index in [0.717, 1.165) is 6.54 Å². The predicted octanol–water partition coefficient (Wildman–Crippen LogP) is 0.152. The summed E-state index contributed by atoms with van der Waals surface area (Å²) in [6, 6.07) is 0. The lowest BCUT2D eigenvalue weighted by Crippen LogP contribution is -2.24. The fourth-order valence-corrected chi connectivity index (χ4v) is 1.46. The molecular weight excluding hydrogens is 288 g/mol. The highest BCUT2D eigenvalue weighted by Crippen LogP contribution is 2.00. The molecular formula is C11H22N2O6S. The molecule has 20 heavy (non-hydrogen) atoms. The van der Waals surface area contributed by atoms with Gasteiger partial charge in [0.05, 0.1) is 13.6 Å². The largest absolute Gasteiger partial charge is 0.725 e. The number of ether oxygens (including phenoxy) is 2. The van der Waals surface area contributed by atoms with Crippen LogP contribution >= 0.6 is 0 Å². The molecule has 8 nitrogen and oxygen atoms in total. The number of hydrogen-bond donors (Lipinski definition) is 0. The van der Waals surface area contributed by atoms with Gasteiger partial charge in [-0.25, -0.2) is 21.7 Å². The minimum atomic E-state index is -4.77. The molecule has 0 atom stereocenters. The number of hydrogen-bond acceptors (Lipinski definition) is 6. The van der Waals surface area contributed by atoms with Crippen molar-refractivity contribution in [2.24, 2.45) is 7.05 Å². The van der Waals surface area contributed by atoms with Gasteiger partial charge in [0.15, 0.2) is 0 Å². The van der Waals surface area contributed by atoms with E-state index in [-0.39, 0.29) is 13.2 Å². The van der Waals surface area contributed by atoms with Crippen LogP contribution in [0.5, 0.6) is 0 Å². The Balaban J connectivity index is 0.000000388. The topological polar surface area (TPSA) is 93.7 Å². The Hall–Kier alpha value is -1.00. The molecule has 0 aliphatic heterocycles. The smallest absolute Gasteiger partial charge is 0.286 e. The van der Waals surface area contributed by atoms with Gasteiger partial charge in [-0.05, 0) is 20.8 Å². The first-order chi connectivity index (χ1) is 9.32. The molecule has 0 spiro atoms. The fraction of sp³-hybridized carbons (Fsp3) is 0.727. The lowest BCUT2D eigenvalue weighted by Gasteiger charge is -2.17. The normalized spacial score (nSPS) is 11.3. The Kier molecular flexibility index (Phi) is 9.34. The Labute approximate surface area is 119 Å². The van der Waals surface area contributed by atoms with Gasteiger partial charge in [-0.1, -0.05) is 0 Å². The van der Waals surface area contributed by atoms with E-state index in [4.69, 9.17) is 0 Å². The molecule has 0 aliphatic rings. The molecule has 0 bridgehead atoms. The number of nitrogens with zero attached hydrogens (tertiary/aromatic N) is 2. The van der Waals surface area contributed by atoms with E-state index < -0.39 is 16.9 Å². The molecule has 1 heterocycles. The summed E-state index contributed by atoms with van der Waals surface area (Å²) < 4.78 is 47.5. The lowest BCUT2D eigenvalue weighted by molar-refractivity contribution is -0.671. The lowest BCUT2D eigenvalue weighted by atomic mass is 10.7. The van der Waals surface area contributed by atoms with Crippen molar-refractivity contribution in [1.82, 2.24) is 4.57 Å². The van der Waals surface area contributed by atoms with Gasteiger partial charge in [-0.15, -0.1) is 0 Å². The zero-order valence-corrected chi connectivity index (χ0v) is 13.0. The summed E-state index contributed by atoms with van der Waals surface area (Å²) in [4.78, 5) is 0. The van der Waals surface area contributed by atoms with Crippen molar-refractivity contribution in [3.63, 3.8) is 0 Å². The van der Waals surface area contributed by atoms with Crippen molar-refractivity contribution < 1.29 is 31.2 Å². The maximum Gasteiger partial charge on any atom is 0.286 e. The first-order valence-electron chi connectivity index (χ1n) is 6.20. The van der Waals surface area contributed by atoms with Gasteiger partial charge in [0.25, 0.3) is 6.48 Å². The highest BCUT2D eigenvalue weighted by atomic mass is 32.3.